The molecule has 0 aliphatic carbocycles. The van der Waals surface area contributed by atoms with E-state index in [-0.39, 0.29) is 17.6 Å². The normalized spacial score (nSPS) is 18.2. The van der Waals surface area contributed by atoms with Crippen molar-refractivity contribution in [2.24, 2.45) is 5.92 Å². The molecule has 0 N–H and O–H groups in total. The molecule has 0 aromatic heterocycles. The van der Waals surface area contributed by atoms with Crippen molar-refractivity contribution in [2.45, 2.75) is 19.4 Å². The number of halogens is 1. The zero-order valence-corrected chi connectivity index (χ0v) is 11.8. The van der Waals surface area contributed by atoms with E-state index >= 15 is 0 Å². The lowest BCUT2D eigenvalue weighted by atomic mass is 9.98. The van der Waals surface area contributed by atoms with E-state index in [2.05, 4.69) is 0 Å². The zero-order chi connectivity index (χ0) is 14.7. The van der Waals surface area contributed by atoms with E-state index in [1.54, 1.807) is 12.1 Å². The predicted molar refractivity (Wildman–Crippen MR) is 80.1 cm³/mol. The van der Waals surface area contributed by atoms with Gasteiger partial charge < -0.3 is 4.90 Å². The van der Waals surface area contributed by atoms with Crippen molar-refractivity contribution in [2.75, 3.05) is 6.54 Å². The lowest BCUT2D eigenvalue weighted by Crippen LogP contribution is -2.27. The molecule has 1 atom stereocenters. The molecule has 1 amide bonds. The molecule has 0 bridgehead atoms. The van der Waals surface area contributed by atoms with Gasteiger partial charge in [0.1, 0.15) is 5.82 Å². The van der Waals surface area contributed by atoms with Crippen LogP contribution in [0.5, 0.6) is 0 Å². The fourth-order valence-electron chi connectivity index (χ4n) is 2.86. The molecular formula is C18H18FNO. The molecule has 2 aromatic carbocycles. The van der Waals surface area contributed by atoms with Gasteiger partial charge in [0.2, 0.25) is 5.91 Å². The van der Waals surface area contributed by atoms with Gasteiger partial charge in [-0.25, -0.2) is 4.39 Å². The maximum absolute atomic E-state index is 12.9. The summed E-state index contributed by atoms with van der Waals surface area (Å²) in [5, 5.41) is 0. The van der Waals surface area contributed by atoms with E-state index in [4.69, 9.17) is 0 Å². The van der Waals surface area contributed by atoms with Gasteiger partial charge in [0.25, 0.3) is 0 Å². The van der Waals surface area contributed by atoms with E-state index < -0.39 is 0 Å². The molecule has 1 fully saturated rings. The smallest absolute Gasteiger partial charge is 0.226 e. The predicted octanol–water partition coefficient (Wildman–Crippen LogP) is 3.42. The molecule has 1 aliphatic heterocycles. The van der Waals surface area contributed by atoms with Crippen LogP contribution in [0.3, 0.4) is 0 Å². The highest BCUT2D eigenvalue weighted by Crippen LogP contribution is 2.24. The standard InChI is InChI=1S/C18H18FNO/c19-17-8-6-14(7-9-17)12-16-10-11-20(18(16)21)13-15-4-2-1-3-5-15/h1-9,16H,10-13H2. The first-order chi connectivity index (χ1) is 10.2. The van der Waals surface area contributed by atoms with Crippen LogP contribution in [0.15, 0.2) is 54.6 Å². The van der Waals surface area contributed by atoms with Gasteiger partial charge in [0, 0.05) is 19.0 Å². The van der Waals surface area contributed by atoms with Gasteiger partial charge in [-0.3, -0.25) is 4.79 Å². The average Bonchev–Trinajstić information content (AvgIpc) is 2.84. The zero-order valence-electron chi connectivity index (χ0n) is 11.8. The fraction of sp³-hybridized carbons (Fsp3) is 0.278. The second kappa shape index (κ2) is 6.08. The highest BCUT2D eigenvalue weighted by Gasteiger charge is 2.31. The summed E-state index contributed by atoms with van der Waals surface area (Å²) < 4.78 is 12.9. The van der Waals surface area contributed by atoms with Crippen molar-refractivity contribution in [3.63, 3.8) is 0 Å². The fourth-order valence-corrected chi connectivity index (χ4v) is 2.86. The summed E-state index contributed by atoms with van der Waals surface area (Å²) in [4.78, 5) is 14.4. The number of amides is 1. The monoisotopic (exact) mass is 283 g/mol. The Balaban J connectivity index is 1.62. The van der Waals surface area contributed by atoms with Crippen molar-refractivity contribution in [3.8, 4) is 0 Å². The minimum Gasteiger partial charge on any atom is -0.338 e. The van der Waals surface area contributed by atoms with Crippen LogP contribution in [0.2, 0.25) is 0 Å². The summed E-state index contributed by atoms with van der Waals surface area (Å²) in [6.07, 6.45) is 1.58. The van der Waals surface area contributed by atoms with Gasteiger partial charge in [-0.2, -0.15) is 0 Å². The molecule has 3 rings (SSSR count). The summed E-state index contributed by atoms with van der Waals surface area (Å²) in [7, 11) is 0. The Labute approximate surface area is 124 Å². The molecule has 1 heterocycles. The Morgan fingerprint density at radius 3 is 2.43 bits per heavy atom. The molecule has 0 radical (unpaired) electrons. The minimum atomic E-state index is -0.234. The molecule has 3 heteroatoms. The molecule has 2 aromatic rings. The highest BCUT2D eigenvalue weighted by molar-refractivity contribution is 5.81. The first-order valence-electron chi connectivity index (χ1n) is 7.29. The SMILES string of the molecule is O=C1C(Cc2ccc(F)cc2)CCN1Cc1ccccc1. The third-order valence-corrected chi connectivity index (χ3v) is 4.02. The Morgan fingerprint density at radius 2 is 1.71 bits per heavy atom. The summed E-state index contributed by atoms with van der Waals surface area (Å²) in [5.41, 5.74) is 2.18. The molecule has 0 spiro atoms. The van der Waals surface area contributed by atoms with E-state index in [0.29, 0.717) is 13.0 Å². The van der Waals surface area contributed by atoms with Gasteiger partial charge in [-0.15, -0.1) is 0 Å². The number of nitrogens with zero attached hydrogens (tertiary/aromatic N) is 1. The first-order valence-corrected chi connectivity index (χ1v) is 7.29. The maximum atomic E-state index is 12.9. The van der Waals surface area contributed by atoms with Crippen molar-refractivity contribution in [1.29, 1.82) is 0 Å². The quantitative estimate of drug-likeness (QED) is 0.842. The van der Waals surface area contributed by atoms with Crippen LogP contribution in [0.1, 0.15) is 17.5 Å². The molecule has 21 heavy (non-hydrogen) atoms. The molecule has 1 unspecified atom stereocenters. The van der Waals surface area contributed by atoms with E-state index in [0.717, 1.165) is 24.1 Å². The van der Waals surface area contributed by atoms with Gasteiger partial charge in [0.15, 0.2) is 0 Å². The number of rotatable bonds is 4. The van der Waals surface area contributed by atoms with Gasteiger partial charge in [0.05, 0.1) is 0 Å². The summed E-state index contributed by atoms with van der Waals surface area (Å²) in [6.45, 7) is 1.49. The second-order valence-electron chi connectivity index (χ2n) is 5.56. The van der Waals surface area contributed by atoms with Crippen LogP contribution in [0.25, 0.3) is 0 Å². The Bertz CT molecular complexity index is 609. The third kappa shape index (κ3) is 3.30. The average molecular weight is 283 g/mol. The Hall–Kier alpha value is -2.16. The van der Waals surface area contributed by atoms with Crippen LogP contribution in [0.4, 0.5) is 4.39 Å². The molecule has 1 saturated heterocycles. The first kappa shape index (κ1) is 13.8. The molecule has 0 saturated carbocycles. The second-order valence-corrected chi connectivity index (χ2v) is 5.56. The van der Waals surface area contributed by atoms with Crippen LogP contribution in [-0.4, -0.2) is 17.4 Å². The Kier molecular flexibility index (Phi) is 4.00. The van der Waals surface area contributed by atoms with Gasteiger partial charge >= 0.3 is 0 Å². The van der Waals surface area contributed by atoms with Crippen molar-refractivity contribution >= 4 is 5.91 Å². The maximum Gasteiger partial charge on any atom is 0.226 e. The molecular weight excluding hydrogens is 265 g/mol. The van der Waals surface area contributed by atoms with E-state index in [1.807, 2.05) is 35.2 Å². The van der Waals surface area contributed by atoms with Crippen LogP contribution in [0, 0.1) is 11.7 Å². The highest BCUT2D eigenvalue weighted by atomic mass is 19.1. The number of carbonyl (C=O) groups excluding carboxylic acids is 1. The van der Waals surface area contributed by atoms with Crippen molar-refractivity contribution in [3.05, 3.63) is 71.5 Å². The number of hydrogen-bond donors (Lipinski definition) is 0. The largest absolute Gasteiger partial charge is 0.338 e. The van der Waals surface area contributed by atoms with Gasteiger partial charge in [-0.05, 0) is 36.1 Å². The number of benzene rings is 2. The number of carbonyl (C=O) groups is 1. The molecule has 1 aliphatic rings. The number of hydrogen-bond acceptors (Lipinski definition) is 1. The van der Waals surface area contributed by atoms with Gasteiger partial charge in [-0.1, -0.05) is 42.5 Å². The van der Waals surface area contributed by atoms with E-state index in [1.165, 1.54) is 12.1 Å². The lowest BCUT2D eigenvalue weighted by Gasteiger charge is -2.17. The van der Waals surface area contributed by atoms with Crippen LogP contribution < -0.4 is 0 Å². The molecule has 108 valence electrons. The summed E-state index contributed by atoms with van der Waals surface area (Å²) in [5.74, 6) is 0.00422. The van der Waals surface area contributed by atoms with Crippen molar-refractivity contribution in [1.82, 2.24) is 4.90 Å². The number of likely N-dealkylation sites (tertiary alicyclic amines) is 1. The van der Waals surface area contributed by atoms with Crippen molar-refractivity contribution < 1.29 is 9.18 Å². The van der Waals surface area contributed by atoms with Crippen LogP contribution >= 0.6 is 0 Å². The Morgan fingerprint density at radius 1 is 1.00 bits per heavy atom. The van der Waals surface area contributed by atoms with E-state index in [9.17, 15) is 9.18 Å². The summed E-state index contributed by atoms with van der Waals surface area (Å²) in [6, 6.07) is 16.5. The van der Waals surface area contributed by atoms with Crippen LogP contribution in [-0.2, 0) is 17.8 Å². The summed E-state index contributed by atoms with van der Waals surface area (Å²) >= 11 is 0. The molecule has 2 nitrogen and oxygen atoms in total. The topological polar surface area (TPSA) is 20.3 Å². The third-order valence-electron chi connectivity index (χ3n) is 4.02. The minimum absolute atomic E-state index is 0.0270. The lowest BCUT2D eigenvalue weighted by molar-refractivity contribution is -0.131.